The van der Waals surface area contributed by atoms with Crippen LogP contribution in [0.4, 0.5) is 14.6 Å². The topological polar surface area (TPSA) is 29.0 Å². The van der Waals surface area contributed by atoms with Gasteiger partial charge >= 0.3 is 6.08 Å². The number of hydrogen-bond acceptors (Lipinski definition) is 3. The van der Waals surface area contributed by atoms with Crippen molar-refractivity contribution in [3.8, 4) is 0 Å². The zero-order valence-corrected chi connectivity index (χ0v) is 8.58. The molecule has 0 radical (unpaired) electrons. The van der Waals surface area contributed by atoms with E-state index in [1.807, 2.05) is 11.9 Å². The van der Waals surface area contributed by atoms with Crippen LogP contribution in [-0.4, -0.2) is 23.1 Å². The maximum absolute atomic E-state index is 12.9. The van der Waals surface area contributed by atoms with E-state index in [0.29, 0.717) is 11.9 Å². The first-order valence-electron chi connectivity index (χ1n) is 5.10. The molecule has 1 aromatic heterocycles. The first kappa shape index (κ1) is 10.3. The highest BCUT2D eigenvalue weighted by atomic mass is 19.1. The fourth-order valence-corrected chi connectivity index (χ4v) is 2.04. The van der Waals surface area contributed by atoms with E-state index in [0.717, 1.165) is 12.8 Å². The summed E-state index contributed by atoms with van der Waals surface area (Å²) in [4.78, 5) is 8.39. The van der Waals surface area contributed by atoms with E-state index in [4.69, 9.17) is 0 Å². The maximum Gasteiger partial charge on any atom is 0.313 e. The summed E-state index contributed by atoms with van der Waals surface area (Å²) in [6, 6.07) is 1.51. The lowest BCUT2D eigenvalue weighted by molar-refractivity contribution is 0.479. The van der Waals surface area contributed by atoms with Gasteiger partial charge in [-0.2, -0.15) is 18.7 Å². The molecule has 1 aromatic rings. The van der Waals surface area contributed by atoms with Crippen molar-refractivity contribution in [2.45, 2.75) is 31.7 Å². The minimum atomic E-state index is -1.00. The SMILES string of the molecule is CN(c1cc(F)nc(F)n1)C1CCCC1. The third kappa shape index (κ3) is 2.22. The molecule has 3 nitrogen and oxygen atoms in total. The van der Waals surface area contributed by atoms with Crippen LogP contribution >= 0.6 is 0 Å². The van der Waals surface area contributed by atoms with Crippen LogP contribution in [-0.2, 0) is 0 Å². The van der Waals surface area contributed by atoms with Crippen LogP contribution in [0.5, 0.6) is 0 Å². The van der Waals surface area contributed by atoms with E-state index in [2.05, 4.69) is 9.97 Å². The fourth-order valence-electron chi connectivity index (χ4n) is 2.04. The highest BCUT2D eigenvalue weighted by Gasteiger charge is 2.21. The summed E-state index contributed by atoms with van der Waals surface area (Å²) in [5.41, 5.74) is 0. The van der Waals surface area contributed by atoms with Gasteiger partial charge in [0, 0.05) is 19.2 Å². The largest absolute Gasteiger partial charge is 0.356 e. The van der Waals surface area contributed by atoms with E-state index in [1.165, 1.54) is 18.9 Å². The number of hydrogen-bond donors (Lipinski definition) is 0. The predicted molar refractivity (Wildman–Crippen MR) is 52.6 cm³/mol. The first-order valence-corrected chi connectivity index (χ1v) is 5.10. The molecule has 1 saturated carbocycles. The molecule has 0 bridgehead atoms. The Hall–Kier alpha value is -1.26. The standard InChI is InChI=1S/C10H13F2N3/c1-15(7-4-2-3-5-7)9-6-8(11)13-10(12)14-9/h6-7H,2-5H2,1H3. The number of anilines is 1. The molecule has 0 atom stereocenters. The Morgan fingerprint density at radius 2 is 1.93 bits per heavy atom. The lowest BCUT2D eigenvalue weighted by atomic mass is 10.2. The summed E-state index contributed by atoms with van der Waals surface area (Å²) in [6.07, 6.45) is 3.46. The second kappa shape index (κ2) is 4.08. The molecule has 0 saturated heterocycles. The first-order chi connectivity index (χ1) is 7.16. The molecule has 1 aliphatic carbocycles. The molecule has 1 aliphatic rings. The van der Waals surface area contributed by atoms with Crippen LogP contribution in [0.2, 0.25) is 0 Å². The van der Waals surface area contributed by atoms with Gasteiger partial charge in [0.05, 0.1) is 0 Å². The number of halogens is 2. The Labute approximate surface area is 87.1 Å². The molecule has 1 fully saturated rings. The predicted octanol–water partition coefficient (Wildman–Crippen LogP) is 2.13. The Morgan fingerprint density at radius 3 is 2.53 bits per heavy atom. The maximum atomic E-state index is 12.9. The lowest BCUT2D eigenvalue weighted by Gasteiger charge is -2.24. The van der Waals surface area contributed by atoms with E-state index < -0.39 is 12.0 Å². The molecule has 5 heteroatoms. The van der Waals surface area contributed by atoms with E-state index in [9.17, 15) is 8.78 Å². The van der Waals surface area contributed by atoms with Crippen LogP contribution in [0.3, 0.4) is 0 Å². The Kier molecular flexibility index (Phi) is 2.79. The smallest absolute Gasteiger partial charge is 0.313 e. The number of aromatic nitrogens is 2. The van der Waals surface area contributed by atoms with Gasteiger partial charge in [0.2, 0.25) is 5.95 Å². The van der Waals surface area contributed by atoms with Crippen molar-refractivity contribution in [3.05, 3.63) is 18.1 Å². The van der Waals surface area contributed by atoms with Crippen LogP contribution in [0, 0.1) is 12.0 Å². The molecular formula is C10H13F2N3. The van der Waals surface area contributed by atoms with Crippen molar-refractivity contribution in [1.29, 1.82) is 0 Å². The summed E-state index contributed by atoms with van der Waals surface area (Å²) in [7, 11) is 1.82. The van der Waals surface area contributed by atoms with Crippen molar-refractivity contribution >= 4 is 5.82 Å². The zero-order valence-electron chi connectivity index (χ0n) is 8.58. The van der Waals surface area contributed by atoms with Crippen molar-refractivity contribution in [2.75, 3.05) is 11.9 Å². The van der Waals surface area contributed by atoms with Gasteiger partial charge in [0.15, 0.2) is 0 Å². The van der Waals surface area contributed by atoms with Crippen molar-refractivity contribution < 1.29 is 8.78 Å². The molecule has 0 unspecified atom stereocenters. The summed E-state index contributed by atoms with van der Waals surface area (Å²) in [6.45, 7) is 0. The van der Waals surface area contributed by atoms with Crippen LogP contribution < -0.4 is 4.90 Å². The third-order valence-corrected chi connectivity index (χ3v) is 2.89. The molecule has 0 amide bonds. The van der Waals surface area contributed by atoms with Gasteiger partial charge in [-0.05, 0) is 12.8 Å². The molecule has 1 heterocycles. The minimum absolute atomic E-state index is 0.326. The highest BCUT2D eigenvalue weighted by molar-refractivity contribution is 5.37. The lowest BCUT2D eigenvalue weighted by Crippen LogP contribution is -2.30. The normalized spacial score (nSPS) is 17.0. The Morgan fingerprint density at radius 1 is 1.27 bits per heavy atom. The van der Waals surface area contributed by atoms with Crippen molar-refractivity contribution in [2.24, 2.45) is 0 Å². The highest BCUT2D eigenvalue weighted by Crippen LogP contribution is 2.25. The molecule has 82 valence electrons. The van der Waals surface area contributed by atoms with Crippen molar-refractivity contribution in [1.82, 2.24) is 9.97 Å². The average molecular weight is 213 g/mol. The van der Waals surface area contributed by atoms with Gasteiger partial charge in [0.1, 0.15) is 5.82 Å². The molecule has 2 rings (SSSR count). The van der Waals surface area contributed by atoms with Gasteiger partial charge in [0.25, 0.3) is 0 Å². The molecular weight excluding hydrogens is 200 g/mol. The fraction of sp³-hybridized carbons (Fsp3) is 0.600. The van der Waals surface area contributed by atoms with Gasteiger partial charge < -0.3 is 4.90 Å². The monoisotopic (exact) mass is 213 g/mol. The number of rotatable bonds is 2. The van der Waals surface area contributed by atoms with E-state index >= 15 is 0 Å². The van der Waals surface area contributed by atoms with Crippen LogP contribution in [0.25, 0.3) is 0 Å². The summed E-state index contributed by atoms with van der Waals surface area (Å²) in [5, 5.41) is 0. The average Bonchev–Trinajstić information content (AvgIpc) is 2.67. The second-order valence-corrected chi connectivity index (χ2v) is 3.87. The second-order valence-electron chi connectivity index (χ2n) is 3.87. The van der Waals surface area contributed by atoms with E-state index in [1.54, 1.807) is 0 Å². The summed E-state index contributed by atoms with van der Waals surface area (Å²) < 4.78 is 25.6. The third-order valence-electron chi connectivity index (χ3n) is 2.89. The molecule has 0 aliphatic heterocycles. The van der Waals surface area contributed by atoms with Crippen LogP contribution in [0.1, 0.15) is 25.7 Å². The summed E-state index contributed by atoms with van der Waals surface area (Å²) >= 11 is 0. The molecule has 15 heavy (non-hydrogen) atoms. The molecule has 0 aromatic carbocycles. The quantitative estimate of drug-likeness (QED) is 0.556. The Bertz CT molecular complexity index is 330. The van der Waals surface area contributed by atoms with Gasteiger partial charge in [-0.3, -0.25) is 0 Å². The minimum Gasteiger partial charge on any atom is -0.356 e. The van der Waals surface area contributed by atoms with Gasteiger partial charge in [-0.1, -0.05) is 12.8 Å². The van der Waals surface area contributed by atoms with Crippen molar-refractivity contribution in [3.63, 3.8) is 0 Å². The summed E-state index contributed by atoms with van der Waals surface area (Å²) in [5.74, 6) is -0.491. The van der Waals surface area contributed by atoms with E-state index in [-0.39, 0.29) is 0 Å². The van der Waals surface area contributed by atoms with Gasteiger partial charge in [-0.25, -0.2) is 0 Å². The zero-order chi connectivity index (χ0) is 10.8. The van der Waals surface area contributed by atoms with Gasteiger partial charge in [-0.15, -0.1) is 0 Å². The molecule has 0 N–H and O–H groups in total. The Balaban J connectivity index is 2.20. The number of nitrogens with zero attached hydrogens (tertiary/aromatic N) is 3. The molecule has 0 spiro atoms. The van der Waals surface area contributed by atoms with Crippen LogP contribution in [0.15, 0.2) is 6.07 Å².